The van der Waals surface area contributed by atoms with Gasteiger partial charge in [0.25, 0.3) is 0 Å². The van der Waals surface area contributed by atoms with Crippen molar-refractivity contribution in [1.29, 1.82) is 0 Å². The zero-order chi connectivity index (χ0) is 98.3. The van der Waals surface area contributed by atoms with Crippen LogP contribution in [0.3, 0.4) is 0 Å². The standard InChI is InChI=1S/2C36H22BrNS.C34H20BrNS.C30H18BrNS/c37-26-19-17-24(18-20-26)30-22-31-28-13-4-6-15-32(28)38(27-12-8-11-25(21-27)23-9-2-1-3-10-23)35(31)34-29-14-5-7-16-33(29)39-36(30)34;37-26-18-14-25(15-19-26)30-22-31-28-10-4-6-12-32(28)38(27-20-16-24(17-21-27)23-8-2-1-3-9-23)35(31)34-29-11-5-7-13-33(29)39-36(30)34;35-24-16-13-22(14-17-24)28-20-29-26-9-3-5-11-30(26)36(25-18-15-21-7-1-2-8-23(21)19-25)33(29)32-27-10-4-6-12-31(27)37-34(28)32;31-20-16-14-19(15-17-20)24-18-25-22-10-4-6-12-26(22)32(21-8-2-1-3-9-21)29(25)28-23-11-5-7-13-27(23)33-30(24)28/h2*1-22H;1-20H;1-18H. The summed E-state index contributed by atoms with van der Waals surface area (Å²) in [6.45, 7) is 0. The first-order valence-electron chi connectivity index (χ1n) is 49.5. The third kappa shape index (κ3) is 15.4. The van der Waals surface area contributed by atoms with Crippen LogP contribution in [0.2, 0.25) is 0 Å². The van der Waals surface area contributed by atoms with Crippen LogP contribution in [-0.4, -0.2) is 18.3 Å². The fourth-order valence-corrected chi connectivity index (χ4v) is 28.6. The Morgan fingerprint density at radius 2 is 0.385 bits per heavy atom. The van der Waals surface area contributed by atoms with Crippen LogP contribution < -0.4 is 0 Å². The molecule has 698 valence electrons. The van der Waals surface area contributed by atoms with Gasteiger partial charge in [0.1, 0.15) is 0 Å². The maximum Gasteiger partial charge on any atom is 0.0634 e. The molecular formula is C136H82Br4N4S4. The first-order valence-corrected chi connectivity index (χ1v) is 55.9. The average molecular weight is 2220 g/mol. The topological polar surface area (TPSA) is 19.7 Å². The number of aromatic nitrogens is 4. The van der Waals surface area contributed by atoms with E-state index in [0.717, 1.165) is 17.9 Å². The second kappa shape index (κ2) is 37.4. The number of hydrogen-bond donors (Lipinski definition) is 0. The van der Waals surface area contributed by atoms with Gasteiger partial charge in [0.05, 0.1) is 44.1 Å². The largest absolute Gasteiger partial charge is 0.309 e. The molecule has 0 atom stereocenters. The predicted molar refractivity (Wildman–Crippen MR) is 656 cm³/mol. The second-order valence-electron chi connectivity index (χ2n) is 37.6. The number of halogens is 4. The fraction of sp³-hybridized carbons (Fsp3) is 0. The lowest BCUT2D eigenvalue weighted by molar-refractivity contribution is 1.19. The van der Waals surface area contributed by atoms with Gasteiger partial charge in [-0.15, -0.1) is 45.3 Å². The minimum Gasteiger partial charge on any atom is -0.309 e. The van der Waals surface area contributed by atoms with Crippen molar-refractivity contribution in [2.75, 3.05) is 0 Å². The highest BCUT2D eigenvalue weighted by Gasteiger charge is 2.29. The maximum atomic E-state index is 3.62. The summed E-state index contributed by atoms with van der Waals surface area (Å²) in [5.41, 5.74) is 29.8. The van der Waals surface area contributed by atoms with Gasteiger partial charge in [0.15, 0.2) is 0 Å². The van der Waals surface area contributed by atoms with Crippen LogP contribution in [0, 0.1) is 0 Å². The molecule has 0 N–H and O–H groups in total. The van der Waals surface area contributed by atoms with E-state index >= 15 is 0 Å². The summed E-state index contributed by atoms with van der Waals surface area (Å²) < 4.78 is 24.8. The number of hydrogen-bond acceptors (Lipinski definition) is 4. The molecule has 31 aromatic rings. The molecule has 0 saturated heterocycles. The molecule has 31 rings (SSSR count). The molecule has 0 unspecified atom stereocenters. The van der Waals surface area contributed by atoms with Crippen molar-refractivity contribution in [3.63, 3.8) is 0 Å². The van der Waals surface area contributed by atoms with Gasteiger partial charge >= 0.3 is 0 Å². The highest BCUT2D eigenvalue weighted by atomic mass is 79.9. The van der Waals surface area contributed by atoms with E-state index in [1.54, 1.807) is 0 Å². The van der Waals surface area contributed by atoms with E-state index in [-0.39, 0.29) is 0 Å². The molecule has 0 spiro atoms. The molecule has 148 heavy (non-hydrogen) atoms. The Morgan fingerprint density at radius 1 is 0.149 bits per heavy atom. The van der Waals surface area contributed by atoms with E-state index in [4.69, 9.17) is 0 Å². The Hall–Kier alpha value is -15.7. The minimum absolute atomic E-state index is 1.09. The minimum atomic E-state index is 1.09. The highest BCUT2D eigenvalue weighted by molar-refractivity contribution is 9.11. The molecule has 0 aliphatic carbocycles. The quantitative estimate of drug-likeness (QED) is 0.130. The Morgan fingerprint density at radius 3 is 0.730 bits per heavy atom. The van der Waals surface area contributed by atoms with Crippen LogP contribution in [0.5, 0.6) is 0 Å². The number of fused-ring (bicyclic) bond motifs is 29. The monoisotopic (exact) mass is 2210 g/mol. The number of para-hydroxylation sites is 5. The third-order valence-corrected chi connectivity index (χ3v) is 36.1. The van der Waals surface area contributed by atoms with E-state index in [2.05, 4.69) is 579 Å². The van der Waals surface area contributed by atoms with Gasteiger partial charge in [-0.3, -0.25) is 0 Å². The van der Waals surface area contributed by atoms with Crippen LogP contribution in [0.25, 0.3) is 268 Å². The molecule has 8 aromatic heterocycles. The zero-order valence-corrected chi connectivity index (χ0v) is 88.9. The zero-order valence-electron chi connectivity index (χ0n) is 79.3. The Labute approximate surface area is 901 Å². The van der Waals surface area contributed by atoms with E-state index < -0.39 is 0 Å². The molecule has 0 amide bonds. The van der Waals surface area contributed by atoms with E-state index in [9.17, 15) is 0 Å². The SMILES string of the molecule is Brc1ccc(-c2cc3c4ccccc4n(-c4ccc(-c5ccccc5)cc4)c3c3c2sc2ccccc23)cc1.Brc1ccc(-c2cc3c4ccccc4n(-c4ccc5ccccc5c4)c3c3c2sc2ccccc23)cc1.Brc1ccc(-c2cc3c4ccccc4n(-c4cccc(-c5ccccc5)c4)c3c3c2sc2ccccc23)cc1.Brc1ccc(-c2cc3c4ccccc4n(-c4ccccc4)c3c3c2sc2ccccc23)cc1. The van der Waals surface area contributed by atoms with Gasteiger partial charge in [-0.2, -0.15) is 0 Å². The molecule has 0 bridgehead atoms. The Bertz CT molecular complexity index is 10700. The first-order chi connectivity index (χ1) is 73.1. The van der Waals surface area contributed by atoms with E-state index in [1.165, 1.54) is 268 Å². The molecule has 8 heterocycles. The molecule has 0 fully saturated rings. The van der Waals surface area contributed by atoms with E-state index in [0.29, 0.717) is 0 Å². The lowest BCUT2D eigenvalue weighted by Crippen LogP contribution is -1.95. The smallest absolute Gasteiger partial charge is 0.0634 e. The van der Waals surface area contributed by atoms with Gasteiger partial charge in [0.2, 0.25) is 0 Å². The lowest BCUT2D eigenvalue weighted by atomic mass is 9.99. The molecule has 12 heteroatoms. The number of benzene rings is 23. The fourth-order valence-electron chi connectivity index (χ4n) is 22.6. The summed E-state index contributed by atoms with van der Waals surface area (Å²) in [4.78, 5) is 0. The third-order valence-electron chi connectivity index (χ3n) is 29.2. The number of thiophene rings is 4. The Kier molecular flexibility index (Phi) is 22.7. The summed E-state index contributed by atoms with van der Waals surface area (Å²) in [5, 5.41) is 23.4. The molecule has 23 aromatic carbocycles. The molecule has 0 saturated carbocycles. The van der Waals surface area contributed by atoms with Crippen molar-refractivity contribution in [3.05, 3.63) is 515 Å². The molecule has 0 aliphatic heterocycles. The average Bonchev–Trinajstić information content (AvgIpc) is 1.56. The van der Waals surface area contributed by atoms with Crippen molar-refractivity contribution in [2.45, 2.75) is 0 Å². The molecular weight excluding hydrogens is 2140 g/mol. The Balaban J connectivity index is 0.0000000953. The van der Waals surface area contributed by atoms with Crippen molar-refractivity contribution in [3.8, 4) is 89.5 Å². The van der Waals surface area contributed by atoms with Crippen LogP contribution in [0.15, 0.2) is 515 Å². The van der Waals surface area contributed by atoms with Crippen molar-refractivity contribution in [2.24, 2.45) is 0 Å². The molecule has 4 nitrogen and oxygen atoms in total. The number of rotatable bonds is 10. The first kappa shape index (κ1) is 89.9. The lowest BCUT2D eigenvalue weighted by Gasteiger charge is -2.12. The summed E-state index contributed by atoms with van der Waals surface area (Å²) in [6, 6.07) is 180. The van der Waals surface area contributed by atoms with Crippen LogP contribution in [-0.2, 0) is 0 Å². The van der Waals surface area contributed by atoms with Crippen LogP contribution in [0.1, 0.15) is 0 Å². The second-order valence-corrected chi connectivity index (χ2v) is 45.5. The molecule has 0 aliphatic rings. The van der Waals surface area contributed by atoms with Gasteiger partial charge in [-0.1, -0.05) is 391 Å². The van der Waals surface area contributed by atoms with E-state index in [1.807, 2.05) is 45.3 Å². The maximum absolute atomic E-state index is 3.62. The van der Waals surface area contributed by atoms with Crippen molar-refractivity contribution >= 4 is 288 Å². The van der Waals surface area contributed by atoms with Crippen LogP contribution in [0.4, 0.5) is 0 Å². The van der Waals surface area contributed by atoms with Crippen LogP contribution >= 0.6 is 109 Å². The normalized spacial score (nSPS) is 11.8. The van der Waals surface area contributed by atoms with Gasteiger partial charge < -0.3 is 18.3 Å². The highest BCUT2D eigenvalue weighted by Crippen LogP contribution is 2.55. The molecule has 0 radical (unpaired) electrons. The summed E-state index contributed by atoms with van der Waals surface area (Å²) in [5.74, 6) is 0. The summed E-state index contributed by atoms with van der Waals surface area (Å²) in [6.07, 6.45) is 0. The van der Waals surface area contributed by atoms with Crippen molar-refractivity contribution < 1.29 is 0 Å². The van der Waals surface area contributed by atoms with Gasteiger partial charge in [0, 0.05) is 187 Å². The predicted octanol–water partition coefficient (Wildman–Crippen LogP) is 42.8. The van der Waals surface area contributed by atoms with Gasteiger partial charge in [-0.05, 0) is 225 Å². The number of nitrogens with zero attached hydrogens (tertiary/aromatic N) is 4. The van der Waals surface area contributed by atoms with Crippen molar-refractivity contribution in [1.82, 2.24) is 18.3 Å². The summed E-state index contributed by atoms with van der Waals surface area (Å²) >= 11 is 22.0. The van der Waals surface area contributed by atoms with Gasteiger partial charge in [-0.25, -0.2) is 0 Å². The summed E-state index contributed by atoms with van der Waals surface area (Å²) in [7, 11) is 0.